The fraction of sp³-hybridized carbons (Fsp3) is 0.286. The Morgan fingerprint density at radius 2 is 1.86 bits per heavy atom. The second-order valence-corrected chi connectivity index (χ2v) is 6.94. The molecular formula is C21H23N7O. The summed E-state index contributed by atoms with van der Waals surface area (Å²) in [4.78, 5) is 17.0. The Morgan fingerprint density at radius 1 is 1.03 bits per heavy atom. The van der Waals surface area contributed by atoms with E-state index in [9.17, 15) is 4.79 Å². The average molecular weight is 389 g/mol. The maximum atomic E-state index is 12.3. The first-order valence-electron chi connectivity index (χ1n) is 9.74. The molecule has 0 spiro atoms. The van der Waals surface area contributed by atoms with E-state index in [4.69, 9.17) is 4.98 Å². The van der Waals surface area contributed by atoms with E-state index >= 15 is 0 Å². The summed E-state index contributed by atoms with van der Waals surface area (Å²) < 4.78 is 3.71. The van der Waals surface area contributed by atoms with Crippen molar-refractivity contribution >= 4 is 16.9 Å². The molecule has 29 heavy (non-hydrogen) atoms. The molecule has 2 aromatic heterocycles. The van der Waals surface area contributed by atoms with Crippen LogP contribution in [0.25, 0.3) is 16.7 Å². The lowest BCUT2D eigenvalue weighted by Crippen LogP contribution is -2.24. The van der Waals surface area contributed by atoms with E-state index in [1.54, 1.807) is 16.8 Å². The van der Waals surface area contributed by atoms with Crippen molar-refractivity contribution < 1.29 is 4.79 Å². The van der Waals surface area contributed by atoms with Gasteiger partial charge in [0.25, 0.3) is 5.91 Å². The SMILES string of the molecule is Cn1c(CCCCCNC(=O)c2ccc(-n3cnnn3)cc2)nc2ccccc21. The molecule has 0 bridgehead atoms. The van der Waals surface area contributed by atoms with Crippen LogP contribution in [-0.4, -0.2) is 42.2 Å². The van der Waals surface area contributed by atoms with Crippen LogP contribution in [0.1, 0.15) is 35.4 Å². The molecule has 0 aliphatic carbocycles. The van der Waals surface area contributed by atoms with Gasteiger partial charge in [0, 0.05) is 25.6 Å². The van der Waals surface area contributed by atoms with Crippen LogP contribution in [0, 0.1) is 0 Å². The number of aromatic nitrogens is 6. The zero-order chi connectivity index (χ0) is 20.1. The second kappa shape index (κ2) is 8.64. The number of nitrogens with one attached hydrogen (secondary N) is 1. The van der Waals surface area contributed by atoms with Gasteiger partial charge in [0.1, 0.15) is 12.2 Å². The van der Waals surface area contributed by atoms with Gasteiger partial charge in [0.05, 0.1) is 16.7 Å². The zero-order valence-corrected chi connectivity index (χ0v) is 16.3. The summed E-state index contributed by atoms with van der Waals surface area (Å²) in [5.41, 5.74) is 3.65. The average Bonchev–Trinajstić information content (AvgIpc) is 3.40. The number of fused-ring (bicyclic) bond motifs is 1. The van der Waals surface area contributed by atoms with E-state index in [-0.39, 0.29) is 5.91 Å². The molecule has 1 N–H and O–H groups in total. The molecule has 0 radical (unpaired) electrons. The summed E-state index contributed by atoms with van der Waals surface area (Å²) in [5, 5.41) is 14.0. The highest BCUT2D eigenvalue weighted by Gasteiger charge is 2.08. The number of tetrazole rings is 1. The highest BCUT2D eigenvalue weighted by atomic mass is 16.1. The zero-order valence-electron chi connectivity index (χ0n) is 16.3. The molecule has 0 saturated carbocycles. The Morgan fingerprint density at radius 3 is 2.62 bits per heavy atom. The van der Waals surface area contributed by atoms with Crippen LogP contribution in [0.15, 0.2) is 54.9 Å². The third-order valence-electron chi connectivity index (χ3n) is 4.99. The van der Waals surface area contributed by atoms with Crippen LogP contribution >= 0.6 is 0 Å². The quantitative estimate of drug-likeness (QED) is 0.468. The number of imidazole rings is 1. The number of nitrogens with zero attached hydrogens (tertiary/aromatic N) is 6. The smallest absolute Gasteiger partial charge is 0.251 e. The first-order chi connectivity index (χ1) is 14.2. The minimum atomic E-state index is -0.0661. The molecule has 0 unspecified atom stereocenters. The van der Waals surface area contributed by atoms with Gasteiger partial charge in [-0.3, -0.25) is 4.79 Å². The molecule has 0 fully saturated rings. The summed E-state index contributed by atoms with van der Waals surface area (Å²) >= 11 is 0. The summed E-state index contributed by atoms with van der Waals surface area (Å²) in [6.45, 7) is 0.663. The number of unbranched alkanes of at least 4 members (excludes halogenated alkanes) is 2. The van der Waals surface area contributed by atoms with Crippen LogP contribution in [0.2, 0.25) is 0 Å². The molecule has 2 aromatic carbocycles. The minimum Gasteiger partial charge on any atom is -0.352 e. The maximum absolute atomic E-state index is 12.3. The van der Waals surface area contributed by atoms with Gasteiger partial charge in [-0.15, -0.1) is 5.10 Å². The monoisotopic (exact) mass is 389 g/mol. The molecule has 2 heterocycles. The lowest BCUT2D eigenvalue weighted by molar-refractivity contribution is 0.0953. The normalized spacial score (nSPS) is 11.1. The summed E-state index contributed by atoms with van der Waals surface area (Å²) in [6.07, 6.45) is 5.49. The summed E-state index contributed by atoms with van der Waals surface area (Å²) in [6, 6.07) is 15.4. The maximum Gasteiger partial charge on any atom is 0.251 e. The number of carbonyl (C=O) groups excluding carboxylic acids is 1. The van der Waals surface area contributed by atoms with Gasteiger partial charge in [-0.25, -0.2) is 9.67 Å². The highest BCUT2D eigenvalue weighted by molar-refractivity contribution is 5.94. The predicted octanol–water partition coefficient (Wildman–Crippen LogP) is 2.69. The van der Waals surface area contributed by atoms with Gasteiger partial charge in [0.15, 0.2) is 0 Å². The Hall–Kier alpha value is -3.55. The van der Waals surface area contributed by atoms with Crippen molar-refractivity contribution in [3.8, 4) is 5.69 Å². The van der Waals surface area contributed by atoms with Gasteiger partial charge in [-0.05, 0) is 59.7 Å². The number of para-hydroxylation sites is 2. The van der Waals surface area contributed by atoms with Gasteiger partial charge >= 0.3 is 0 Å². The van der Waals surface area contributed by atoms with Crippen molar-refractivity contribution in [2.45, 2.75) is 25.7 Å². The first-order valence-corrected chi connectivity index (χ1v) is 9.74. The largest absolute Gasteiger partial charge is 0.352 e. The van der Waals surface area contributed by atoms with Gasteiger partial charge in [0.2, 0.25) is 0 Å². The lowest BCUT2D eigenvalue weighted by Gasteiger charge is -2.06. The predicted molar refractivity (Wildman–Crippen MR) is 110 cm³/mol. The van der Waals surface area contributed by atoms with Crippen molar-refractivity contribution in [1.29, 1.82) is 0 Å². The lowest BCUT2D eigenvalue weighted by atomic mass is 10.1. The molecule has 8 nitrogen and oxygen atoms in total. The Kier molecular flexibility index (Phi) is 5.60. The Bertz CT molecular complexity index is 1080. The number of hydrogen-bond donors (Lipinski definition) is 1. The van der Waals surface area contributed by atoms with Crippen molar-refractivity contribution in [2.24, 2.45) is 7.05 Å². The van der Waals surface area contributed by atoms with E-state index in [0.717, 1.165) is 42.7 Å². The van der Waals surface area contributed by atoms with Gasteiger partial charge < -0.3 is 9.88 Å². The van der Waals surface area contributed by atoms with Crippen LogP contribution in [0.3, 0.4) is 0 Å². The number of hydrogen-bond acceptors (Lipinski definition) is 5. The highest BCUT2D eigenvalue weighted by Crippen LogP contribution is 2.16. The molecule has 148 valence electrons. The van der Waals surface area contributed by atoms with Gasteiger partial charge in [-0.2, -0.15) is 0 Å². The summed E-state index contributed by atoms with van der Waals surface area (Å²) in [5.74, 6) is 1.04. The van der Waals surface area contributed by atoms with E-state index in [1.165, 1.54) is 11.8 Å². The van der Waals surface area contributed by atoms with Crippen LogP contribution in [0.5, 0.6) is 0 Å². The third-order valence-corrected chi connectivity index (χ3v) is 4.99. The second-order valence-electron chi connectivity index (χ2n) is 6.94. The molecule has 0 saturated heterocycles. The van der Waals surface area contributed by atoms with E-state index in [2.05, 4.69) is 38.5 Å². The van der Waals surface area contributed by atoms with Crippen molar-refractivity contribution in [3.05, 3.63) is 66.2 Å². The number of benzene rings is 2. The minimum absolute atomic E-state index is 0.0661. The van der Waals surface area contributed by atoms with E-state index in [1.807, 2.05) is 30.3 Å². The molecule has 4 rings (SSSR count). The molecule has 4 aromatic rings. The molecule has 0 aliphatic rings. The molecular weight excluding hydrogens is 366 g/mol. The summed E-state index contributed by atoms with van der Waals surface area (Å²) in [7, 11) is 2.07. The van der Waals surface area contributed by atoms with Gasteiger partial charge in [-0.1, -0.05) is 18.6 Å². The first kappa shape index (κ1) is 18.8. The number of aryl methyl sites for hydroxylation is 2. The molecule has 8 heteroatoms. The van der Waals surface area contributed by atoms with Crippen molar-refractivity contribution in [3.63, 3.8) is 0 Å². The topological polar surface area (TPSA) is 90.5 Å². The molecule has 0 aliphatic heterocycles. The van der Waals surface area contributed by atoms with E-state index < -0.39 is 0 Å². The molecule has 1 amide bonds. The number of amides is 1. The standard InChI is InChI=1S/C21H23N7O/c1-27-19-8-5-4-7-18(19)24-20(27)9-3-2-6-14-22-21(29)16-10-12-17(13-11-16)28-15-23-25-26-28/h4-5,7-8,10-13,15H,2-3,6,9,14H2,1H3,(H,22,29). The third kappa shape index (κ3) is 4.31. The Balaban J connectivity index is 1.19. The fourth-order valence-electron chi connectivity index (χ4n) is 3.35. The van der Waals surface area contributed by atoms with Crippen LogP contribution in [0.4, 0.5) is 0 Å². The van der Waals surface area contributed by atoms with Crippen molar-refractivity contribution in [1.82, 2.24) is 35.1 Å². The number of carbonyl (C=O) groups is 1. The van der Waals surface area contributed by atoms with Crippen molar-refractivity contribution in [2.75, 3.05) is 6.54 Å². The Labute approximate surface area is 168 Å². The fourth-order valence-corrected chi connectivity index (χ4v) is 3.35. The number of rotatable bonds is 8. The molecule has 0 atom stereocenters. The van der Waals surface area contributed by atoms with E-state index in [0.29, 0.717) is 12.1 Å². The van der Waals surface area contributed by atoms with Crippen LogP contribution in [-0.2, 0) is 13.5 Å². The van der Waals surface area contributed by atoms with Crippen LogP contribution < -0.4 is 5.32 Å².